The number of nitrogens with zero attached hydrogens (tertiary/aromatic N) is 3. The van der Waals surface area contributed by atoms with Gasteiger partial charge in [0.2, 0.25) is 5.82 Å². The highest BCUT2D eigenvalue weighted by molar-refractivity contribution is 9.10. The maximum absolute atomic E-state index is 10.9. The molecule has 0 saturated carbocycles. The smallest absolute Gasteiger partial charge is 0.217 e. The molecule has 0 amide bonds. The Labute approximate surface area is 82.7 Å². The van der Waals surface area contributed by atoms with Gasteiger partial charge in [-0.05, 0) is 12.1 Å². The van der Waals surface area contributed by atoms with Crippen LogP contribution in [0.15, 0.2) is 22.8 Å². The molecule has 4 nitrogen and oxygen atoms in total. The largest absolute Gasteiger partial charge is 0.291 e. The summed E-state index contributed by atoms with van der Waals surface area (Å²) >= 11 is 3.31. The zero-order valence-corrected chi connectivity index (χ0v) is 8.45. The predicted octanol–water partition coefficient (Wildman–Crippen LogP) is 1.69. The second-order valence-corrected chi connectivity index (χ2v) is 3.56. The number of carbonyl (C=O) groups is 1. The number of rotatable bonds is 1. The Balaban J connectivity index is 2.68. The third kappa shape index (κ3) is 1.47. The van der Waals surface area contributed by atoms with Crippen molar-refractivity contribution >= 4 is 27.4 Å². The number of hydrogen-bond donors (Lipinski definition) is 0. The van der Waals surface area contributed by atoms with Crippen molar-refractivity contribution in [2.24, 2.45) is 0 Å². The molecule has 0 aromatic carbocycles. The summed E-state index contributed by atoms with van der Waals surface area (Å²) in [7, 11) is 0. The Morgan fingerprint density at radius 2 is 2.38 bits per heavy atom. The Hall–Kier alpha value is -1.23. The van der Waals surface area contributed by atoms with E-state index in [1.807, 2.05) is 6.07 Å². The molecule has 0 aliphatic rings. The van der Waals surface area contributed by atoms with Crippen molar-refractivity contribution in [3.63, 3.8) is 0 Å². The van der Waals surface area contributed by atoms with E-state index in [9.17, 15) is 4.79 Å². The third-order valence-corrected chi connectivity index (χ3v) is 2.11. The molecule has 2 aromatic rings. The molecule has 66 valence electrons. The van der Waals surface area contributed by atoms with Crippen LogP contribution in [0.5, 0.6) is 0 Å². The van der Waals surface area contributed by atoms with Crippen molar-refractivity contribution in [2.45, 2.75) is 6.92 Å². The summed E-state index contributed by atoms with van der Waals surface area (Å²) in [6.07, 6.45) is 1.75. The number of fused-ring (bicyclic) bond motifs is 1. The van der Waals surface area contributed by atoms with Crippen LogP contribution in [-0.4, -0.2) is 20.4 Å². The van der Waals surface area contributed by atoms with Crippen LogP contribution in [0.1, 0.15) is 17.5 Å². The number of pyridine rings is 1. The van der Waals surface area contributed by atoms with Crippen LogP contribution in [0.2, 0.25) is 0 Å². The third-order valence-electron chi connectivity index (χ3n) is 1.61. The van der Waals surface area contributed by atoms with Crippen LogP contribution in [0.25, 0.3) is 5.65 Å². The normalized spacial score (nSPS) is 10.6. The molecule has 0 N–H and O–H groups in total. The summed E-state index contributed by atoms with van der Waals surface area (Å²) in [6, 6.07) is 3.64. The fourth-order valence-corrected chi connectivity index (χ4v) is 1.33. The number of carbonyl (C=O) groups excluding carboxylic acids is 1. The first-order valence-electron chi connectivity index (χ1n) is 3.70. The highest BCUT2D eigenvalue weighted by Gasteiger charge is 2.07. The summed E-state index contributed by atoms with van der Waals surface area (Å²) in [5.41, 5.74) is 0.666. The molecule has 0 aliphatic carbocycles. The number of hydrogen-bond acceptors (Lipinski definition) is 3. The maximum Gasteiger partial charge on any atom is 0.217 e. The molecule has 2 heterocycles. The molecule has 0 fully saturated rings. The zero-order valence-electron chi connectivity index (χ0n) is 6.86. The summed E-state index contributed by atoms with van der Waals surface area (Å²) in [6.45, 7) is 1.45. The maximum atomic E-state index is 10.9. The van der Waals surface area contributed by atoms with Gasteiger partial charge in [0.05, 0.1) is 0 Å². The lowest BCUT2D eigenvalue weighted by atomic mass is 10.4. The van der Waals surface area contributed by atoms with E-state index in [0.717, 1.165) is 4.47 Å². The van der Waals surface area contributed by atoms with Crippen LogP contribution >= 0.6 is 15.9 Å². The second kappa shape index (κ2) is 2.92. The predicted molar refractivity (Wildman–Crippen MR) is 50.7 cm³/mol. The van der Waals surface area contributed by atoms with Crippen molar-refractivity contribution < 1.29 is 4.79 Å². The molecular weight excluding hydrogens is 234 g/mol. The average Bonchev–Trinajstić information content (AvgIpc) is 2.46. The van der Waals surface area contributed by atoms with Gasteiger partial charge >= 0.3 is 0 Å². The van der Waals surface area contributed by atoms with E-state index in [-0.39, 0.29) is 11.6 Å². The Morgan fingerprint density at radius 3 is 3.08 bits per heavy atom. The first-order valence-corrected chi connectivity index (χ1v) is 4.49. The van der Waals surface area contributed by atoms with E-state index >= 15 is 0 Å². The van der Waals surface area contributed by atoms with Crippen molar-refractivity contribution in [1.29, 1.82) is 0 Å². The van der Waals surface area contributed by atoms with Crippen LogP contribution in [0.4, 0.5) is 0 Å². The van der Waals surface area contributed by atoms with Gasteiger partial charge in [-0.1, -0.05) is 15.9 Å². The number of halogens is 1. The van der Waals surface area contributed by atoms with Gasteiger partial charge in [-0.3, -0.25) is 4.79 Å². The highest BCUT2D eigenvalue weighted by Crippen LogP contribution is 2.11. The van der Waals surface area contributed by atoms with E-state index in [1.165, 1.54) is 6.92 Å². The summed E-state index contributed by atoms with van der Waals surface area (Å²) in [4.78, 5) is 15.0. The molecule has 13 heavy (non-hydrogen) atoms. The summed E-state index contributed by atoms with van der Waals surface area (Å²) in [5.74, 6) is 0.123. The molecule has 0 aliphatic heterocycles. The van der Waals surface area contributed by atoms with Crippen molar-refractivity contribution in [3.8, 4) is 0 Å². The highest BCUT2D eigenvalue weighted by atomic mass is 79.9. The topological polar surface area (TPSA) is 47.3 Å². The minimum absolute atomic E-state index is 0.125. The lowest BCUT2D eigenvalue weighted by Gasteiger charge is -1.89. The van der Waals surface area contributed by atoms with Crippen molar-refractivity contribution in [3.05, 3.63) is 28.6 Å². The molecular formula is C8H6BrN3O. The second-order valence-electron chi connectivity index (χ2n) is 2.64. The van der Waals surface area contributed by atoms with Crippen molar-refractivity contribution in [1.82, 2.24) is 14.6 Å². The molecule has 0 spiro atoms. The molecule has 0 radical (unpaired) electrons. The first-order chi connectivity index (χ1) is 6.16. The van der Waals surface area contributed by atoms with E-state index in [4.69, 9.17) is 0 Å². The van der Waals surface area contributed by atoms with Crippen LogP contribution < -0.4 is 0 Å². The summed E-state index contributed by atoms with van der Waals surface area (Å²) < 4.78 is 2.49. The van der Waals surface area contributed by atoms with Crippen LogP contribution in [0, 0.1) is 0 Å². The van der Waals surface area contributed by atoms with Gasteiger partial charge in [-0.15, -0.1) is 5.10 Å². The molecule has 0 atom stereocenters. The number of ketones is 1. The van der Waals surface area contributed by atoms with Gasteiger partial charge in [0.1, 0.15) is 0 Å². The summed E-state index contributed by atoms with van der Waals surface area (Å²) in [5, 5.41) is 3.99. The standard InChI is InChI=1S/C8H6BrN3O/c1-5(13)8-10-7-4-6(9)2-3-12(7)11-8/h2-4H,1H3. The van der Waals surface area contributed by atoms with Crippen molar-refractivity contribution in [2.75, 3.05) is 0 Å². The van der Waals surface area contributed by atoms with Gasteiger partial charge in [0.25, 0.3) is 0 Å². The molecule has 5 heteroatoms. The lowest BCUT2D eigenvalue weighted by Crippen LogP contribution is -1.95. The van der Waals surface area contributed by atoms with E-state index in [2.05, 4.69) is 26.0 Å². The number of Topliss-reactive ketones (excluding diaryl/α,β-unsaturated/α-hetero) is 1. The fraction of sp³-hybridized carbons (Fsp3) is 0.125. The first kappa shape index (κ1) is 8.37. The van der Waals surface area contributed by atoms with E-state index in [0.29, 0.717) is 5.65 Å². The zero-order chi connectivity index (χ0) is 9.42. The number of aromatic nitrogens is 3. The van der Waals surface area contributed by atoms with Gasteiger partial charge in [0.15, 0.2) is 11.4 Å². The Bertz CT molecular complexity index is 477. The fourth-order valence-electron chi connectivity index (χ4n) is 1.01. The minimum Gasteiger partial charge on any atom is -0.291 e. The van der Waals surface area contributed by atoms with Gasteiger partial charge in [-0.25, -0.2) is 9.50 Å². The van der Waals surface area contributed by atoms with E-state index in [1.54, 1.807) is 16.8 Å². The quantitative estimate of drug-likeness (QED) is 0.712. The van der Waals surface area contributed by atoms with Gasteiger partial charge < -0.3 is 0 Å². The Kier molecular flexibility index (Phi) is 1.88. The molecule has 2 rings (SSSR count). The van der Waals surface area contributed by atoms with Gasteiger partial charge in [0, 0.05) is 17.6 Å². The van der Waals surface area contributed by atoms with Crippen LogP contribution in [-0.2, 0) is 0 Å². The van der Waals surface area contributed by atoms with E-state index < -0.39 is 0 Å². The van der Waals surface area contributed by atoms with Gasteiger partial charge in [-0.2, -0.15) is 0 Å². The Morgan fingerprint density at radius 1 is 1.62 bits per heavy atom. The average molecular weight is 240 g/mol. The minimum atomic E-state index is -0.125. The molecule has 2 aromatic heterocycles. The SMILES string of the molecule is CC(=O)c1nc2cc(Br)ccn2n1. The van der Waals surface area contributed by atoms with Crippen LogP contribution in [0.3, 0.4) is 0 Å². The monoisotopic (exact) mass is 239 g/mol. The molecule has 0 bridgehead atoms. The lowest BCUT2D eigenvalue weighted by molar-refractivity contribution is 0.100. The molecule has 0 saturated heterocycles. The molecule has 0 unspecified atom stereocenters.